The highest BCUT2D eigenvalue weighted by Crippen LogP contribution is 2.51. The summed E-state index contributed by atoms with van der Waals surface area (Å²) in [5, 5.41) is 13.9. The van der Waals surface area contributed by atoms with Gasteiger partial charge in [-0.3, -0.25) is 0 Å². The molecule has 0 radical (unpaired) electrons. The van der Waals surface area contributed by atoms with Crippen molar-refractivity contribution in [2.24, 2.45) is 5.41 Å². The van der Waals surface area contributed by atoms with Crippen LogP contribution < -0.4 is 0 Å². The molecule has 0 aliphatic carbocycles. The first-order chi connectivity index (χ1) is 7.05. The molecule has 3 heteroatoms. The minimum absolute atomic E-state index is 0.0623. The standard InChI is InChI=1S/C13H29NOP/c1-9-16(10-2)11(12(3,4)5)14(15)13(6,7)8/h11H,9-10H2,1-8H3/q-1. The summed E-state index contributed by atoms with van der Waals surface area (Å²) in [5.41, 5.74) is -0.227. The van der Waals surface area contributed by atoms with E-state index in [1.54, 1.807) is 0 Å². The zero-order valence-corrected chi connectivity index (χ0v) is 13.2. The summed E-state index contributed by atoms with van der Waals surface area (Å²) in [6.45, 7) is 17.0. The third-order valence-electron chi connectivity index (χ3n) is 2.82. The Hall–Kier alpha value is 0.350. The summed E-state index contributed by atoms with van der Waals surface area (Å²) < 4.78 is 0. The third kappa shape index (κ3) is 4.31. The zero-order chi connectivity index (χ0) is 13.1. The van der Waals surface area contributed by atoms with Crippen molar-refractivity contribution < 1.29 is 0 Å². The molecule has 0 heterocycles. The van der Waals surface area contributed by atoms with Crippen LogP contribution >= 0.6 is 7.92 Å². The van der Waals surface area contributed by atoms with Gasteiger partial charge < -0.3 is 10.3 Å². The van der Waals surface area contributed by atoms with Crippen LogP contribution in [0.5, 0.6) is 0 Å². The molecule has 0 bridgehead atoms. The summed E-state index contributed by atoms with van der Waals surface area (Å²) >= 11 is 0. The molecule has 0 aliphatic heterocycles. The predicted molar refractivity (Wildman–Crippen MR) is 76.2 cm³/mol. The van der Waals surface area contributed by atoms with E-state index < -0.39 is 0 Å². The lowest BCUT2D eigenvalue weighted by Gasteiger charge is -2.55. The van der Waals surface area contributed by atoms with Crippen molar-refractivity contribution >= 4 is 7.92 Å². The smallest absolute Gasteiger partial charge is 0.0232 e. The second-order valence-electron chi connectivity index (χ2n) is 6.46. The monoisotopic (exact) mass is 246 g/mol. The molecule has 0 aliphatic rings. The van der Waals surface area contributed by atoms with Gasteiger partial charge in [0.25, 0.3) is 0 Å². The lowest BCUT2D eigenvalue weighted by molar-refractivity contribution is 0.122. The zero-order valence-electron chi connectivity index (χ0n) is 12.3. The van der Waals surface area contributed by atoms with Crippen LogP contribution in [0.3, 0.4) is 0 Å². The first-order valence-electron chi connectivity index (χ1n) is 6.26. The number of rotatable bonds is 4. The van der Waals surface area contributed by atoms with Gasteiger partial charge in [0.15, 0.2) is 0 Å². The Kier molecular flexibility index (Phi) is 5.92. The Morgan fingerprint density at radius 3 is 1.56 bits per heavy atom. The fraction of sp³-hybridized carbons (Fsp3) is 1.00. The first-order valence-corrected chi connectivity index (χ1v) is 8.04. The minimum Gasteiger partial charge on any atom is -0.784 e. The van der Waals surface area contributed by atoms with Crippen molar-refractivity contribution in [3.63, 3.8) is 0 Å². The molecule has 1 unspecified atom stereocenters. The van der Waals surface area contributed by atoms with Gasteiger partial charge >= 0.3 is 0 Å². The van der Waals surface area contributed by atoms with Crippen molar-refractivity contribution in [2.45, 2.75) is 66.7 Å². The molecule has 0 spiro atoms. The van der Waals surface area contributed by atoms with E-state index in [9.17, 15) is 5.21 Å². The Bertz CT molecular complexity index is 201. The number of hydrogen-bond acceptors (Lipinski definition) is 2. The molecule has 0 N–H and O–H groups in total. The Balaban J connectivity index is 5.10. The summed E-state index contributed by atoms with van der Waals surface area (Å²) in [5.74, 6) is 0.164. The maximum absolute atomic E-state index is 12.5. The van der Waals surface area contributed by atoms with E-state index >= 15 is 0 Å². The van der Waals surface area contributed by atoms with Crippen LogP contribution in [-0.2, 0) is 0 Å². The van der Waals surface area contributed by atoms with Gasteiger partial charge in [-0.15, -0.1) is 0 Å². The molecule has 16 heavy (non-hydrogen) atoms. The summed E-state index contributed by atoms with van der Waals surface area (Å²) in [4.78, 5) is 0. The molecule has 1 atom stereocenters. The van der Waals surface area contributed by atoms with Crippen LogP contribution in [0, 0.1) is 10.6 Å². The molecule has 0 rings (SSSR count). The summed E-state index contributed by atoms with van der Waals surface area (Å²) in [6.07, 6.45) is 2.28. The van der Waals surface area contributed by atoms with Crippen LogP contribution in [0.25, 0.3) is 0 Å². The van der Waals surface area contributed by atoms with Crippen molar-refractivity contribution in [1.82, 2.24) is 5.06 Å². The highest BCUT2D eigenvalue weighted by Gasteiger charge is 2.34. The van der Waals surface area contributed by atoms with Gasteiger partial charge in [0, 0.05) is 11.3 Å². The molecule has 0 aromatic heterocycles. The van der Waals surface area contributed by atoms with Gasteiger partial charge in [-0.1, -0.05) is 42.5 Å². The highest BCUT2D eigenvalue weighted by atomic mass is 31.1. The maximum atomic E-state index is 12.5. The molecule has 0 fully saturated rings. The van der Waals surface area contributed by atoms with Gasteiger partial charge in [-0.2, -0.15) is 0 Å². The molecular formula is C13H29NOP-. The van der Waals surface area contributed by atoms with Crippen LogP contribution in [0.4, 0.5) is 0 Å². The van der Waals surface area contributed by atoms with E-state index in [0.29, 0.717) is 0 Å². The number of hydrogen-bond donors (Lipinski definition) is 0. The molecule has 0 aromatic rings. The van der Waals surface area contributed by atoms with Gasteiger partial charge in [-0.05, 0) is 38.5 Å². The normalized spacial score (nSPS) is 15.9. The molecular weight excluding hydrogens is 217 g/mol. The first kappa shape index (κ1) is 16.4. The SMILES string of the molecule is CCP(CC)C(N([O-])C(C)(C)C)C(C)(C)C. The second-order valence-corrected chi connectivity index (χ2v) is 9.39. The van der Waals surface area contributed by atoms with Gasteiger partial charge in [0.1, 0.15) is 0 Å². The van der Waals surface area contributed by atoms with E-state index in [1.807, 2.05) is 20.8 Å². The number of nitrogens with zero attached hydrogens (tertiary/aromatic N) is 1. The lowest BCUT2D eigenvalue weighted by Crippen LogP contribution is -2.49. The van der Waals surface area contributed by atoms with E-state index in [1.165, 1.54) is 5.06 Å². The minimum atomic E-state index is -0.289. The second kappa shape index (κ2) is 5.80. The summed E-state index contributed by atoms with van der Waals surface area (Å²) in [7, 11) is -0.198. The average molecular weight is 246 g/mol. The van der Waals surface area contributed by atoms with Crippen molar-refractivity contribution in [2.75, 3.05) is 12.3 Å². The van der Waals surface area contributed by atoms with E-state index in [-0.39, 0.29) is 24.7 Å². The fourth-order valence-corrected chi connectivity index (χ4v) is 4.86. The summed E-state index contributed by atoms with van der Waals surface area (Å²) in [6, 6.07) is 0. The van der Waals surface area contributed by atoms with Crippen LogP contribution in [0.15, 0.2) is 0 Å². The highest BCUT2D eigenvalue weighted by molar-refractivity contribution is 7.58. The Labute approximate surface area is 103 Å². The molecule has 2 nitrogen and oxygen atoms in total. The van der Waals surface area contributed by atoms with E-state index in [0.717, 1.165) is 12.3 Å². The van der Waals surface area contributed by atoms with Crippen LogP contribution in [0.2, 0.25) is 0 Å². The Morgan fingerprint density at radius 1 is 1.00 bits per heavy atom. The van der Waals surface area contributed by atoms with Crippen molar-refractivity contribution in [3.8, 4) is 0 Å². The lowest BCUT2D eigenvalue weighted by atomic mass is 9.94. The van der Waals surface area contributed by atoms with Gasteiger partial charge in [-0.25, -0.2) is 0 Å². The van der Waals surface area contributed by atoms with Gasteiger partial charge in [0.2, 0.25) is 0 Å². The van der Waals surface area contributed by atoms with Crippen LogP contribution in [-0.4, -0.2) is 28.7 Å². The molecule has 0 amide bonds. The quantitative estimate of drug-likeness (QED) is 0.540. The largest absolute Gasteiger partial charge is 0.784 e. The van der Waals surface area contributed by atoms with Crippen molar-refractivity contribution in [1.29, 1.82) is 0 Å². The van der Waals surface area contributed by atoms with Gasteiger partial charge in [0.05, 0.1) is 0 Å². The topological polar surface area (TPSA) is 26.3 Å². The van der Waals surface area contributed by atoms with E-state index in [4.69, 9.17) is 0 Å². The maximum Gasteiger partial charge on any atom is 0.0232 e. The van der Waals surface area contributed by atoms with Crippen LogP contribution in [0.1, 0.15) is 55.4 Å². The predicted octanol–water partition coefficient (Wildman–Crippen LogP) is 4.48. The molecule has 0 aromatic carbocycles. The number of hydroxylamine groups is 2. The average Bonchev–Trinajstić information content (AvgIpc) is 2.09. The Morgan fingerprint density at radius 2 is 1.38 bits per heavy atom. The van der Waals surface area contributed by atoms with Crippen molar-refractivity contribution in [3.05, 3.63) is 5.21 Å². The van der Waals surface area contributed by atoms with E-state index in [2.05, 4.69) is 34.6 Å². The molecule has 0 saturated heterocycles. The molecule has 98 valence electrons. The third-order valence-corrected chi connectivity index (χ3v) is 6.12. The molecule has 0 saturated carbocycles. The fourth-order valence-electron chi connectivity index (χ4n) is 1.98.